The summed E-state index contributed by atoms with van der Waals surface area (Å²) in [7, 11) is 1.60. The summed E-state index contributed by atoms with van der Waals surface area (Å²) in [4.78, 5) is 8.82. The van der Waals surface area contributed by atoms with Crippen LogP contribution in [0.2, 0.25) is 10.2 Å². The Morgan fingerprint density at radius 1 is 0.824 bits per heavy atom. The second-order valence-corrected chi connectivity index (χ2v) is 8.61. The molecule has 0 bridgehead atoms. The number of pyridine rings is 2. The van der Waals surface area contributed by atoms with E-state index < -0.39 is 5.60 Å². The molecule has 0 aliphatic rings. The first-order valence-electron chi connectivity index (χ1n) is 10.6. The SMILES string of the molecule is COc1cccc(C(O)(c2cccnc2)c2ccc3nc(Cl)c(-c4ccccc4)c(Cl)c3c2)c1. The fourth-order valence-electron chi connectivity index (χ4n) is 4.20. The van der Waals surface area contributed by atoms with Crippen LogP contribution >= 0.6 is 23.2 Å². The molecule has 6 heteroatoms. The van der Waals surface area contributed by atoms with Gasteiger partial charge in [-0.05, 0) is 47.0 Å². The average molecular weight is 487 g/mol. The number of hydrogen-bond acceptors (Lipinski definition) is 4. The summed E-state index contributed by atoms with van der Waals surface area (Å²) in [6.07, 6.45) is 3.33. The van der Waals surface area contributed by atoms with Crippen molar-refractivity contribution in [2.24, 2.45) is 0 Å². The fraction of sp³-hybridized carbons (Fsp3) is 0.0714. The number of nitrogens with zero attached hydrogens (tertiary/aromatic N) is 2. The molecule has 0 amide bonds. The third-order valence-corrected chi connectivity index (χ3v) is 6.59. The van der Waals surface area contributed by atoms with Crippen molar-refractivity contribution >= 4 is 34.1 Å². The second kappa shape index (κ2) is 9.07. The quantitative estimate of drug-likeness (QED) is 0.274. The molecule has 1 unspecified atom stereocenters. The van der Waals surface area contributed by atoms with E-state index in [0.717, 1.165) is 5.56 Å². The van der Waals surface area contributed by atoms with Crippen molar-refractivity contribution in [3.8, 4) is 16.9 Å². The molecule has 0 spiro atoms. The van der Waals surface area contributed by atoms with Crippen molar-refractivity contribution in [3.63, 3.8) is 0 Å². The predicted octanol–water partition coefficient (Wildman–Crippen LogP) is 6.90. The number of halogens is 2. The highest BCUT2D eigenvalue weighted by molar-refractivity contribution is 6.42. The zero-order valence-corrected chi connectivity index (χ0v) is 19.8. The van der Waals surface area contributed by atoms with E-state index in [1.54, 1.807) is 25.6 Å². The largest absolute Gasteiger partial charge is 0.497 e. The van der Waals surface area contributed by atoms with Crippen LogP contribution in [0.25, 0.3) is 22.0 Å². The number of rotatable bonds is 5. The molecule has 0 fully saturated rings. The lowest BCUT2D eigenvalue weighted by Crippen LogP contribution is -2.29. The van der Waals surface area contributed by atoms with Gasteiger partial charge in [0, 0.05) is 28.9 Å². The van der Waals surface area contributed by atoms with Crippen molar-refractivity contribution in [2.45, 2.75) is 5.60 Å². The average Bonchev–Trinajstić information content (AvgIpc) is 2.89. The molecule has 1 N–H and O–H groups in total. The van der Waals surface area contributed by atoms with E-state index in [1.807, 2.05) is 78.9 Å². The number of hydrogen-bond donors (Lipinski definition) is 1. The summed E-state index contributed by atoms with van der Waals surface area (Å²) in [6, 6.07) is 26.1. The van der Waals surface area contributed by atoms with E-state index in [0.29, 0.717) is 49.1 Å². The van der Waals surface area contributed by atoms with E-state index in [2.05, 4.69) is 9.97 Å². The van der Waals surface area contributed by atoms with E-state index in [-0.39, 0.29) is 0 Å². The Kier molecular flexibility index (Phi) is 5.96. The van der Waals surface area contributed by atoms with Gasteiger partial charge in [0.2, 0.25) is 0 Å². The molecule has 3 aromatic carbocycles. The highest BCUT2D eigenvalue weighted by Crippen LogP contribution is 2.42. The van der Waals surface area contributed by atoms with Crippen LogP contribution in [0.4, 0.5) is 0 Å². The summed E-state index contributed by atoms with van der Waals surface area (Å²) in [6.45, 7) is 0. The topological polar surface area (TPSA) is 55.2 Å². The highest BCUT2D eigenvalue weighted by Gasteiger charge is 2.35. The van der Waals surface area contributed by atoms with Crippen LogP contribution in [0.5, 0.6) is 5.75 Å². The van der Waals surface area contributed by atoms with Gasteiger partial charge >= 0.3 is 0 Å². The van der Waals surface area contributed by atoms with Crippen molar-refractivity contribution in [2.75, 3.05) is 7.11 Å². The van der Waals surface area contributed by atoms with Crippen LogP contribution in [0.3, 0.4) is 0 Å². The number of aliphatic hydroxyl groups is 1. The lowest BCUT2D eigenvalue weighted by Gasteiger charge is -2.30. The van der Waals surface area contributed by atoms with Crippen LogP contribution in [-0.2, 0) is 5.60 Å². The Bertz CT molecular complexity index is 1480. The number of fused-ring (bicyclic) bond motifs is 1. The Morgan fingerprint density at radius 3 is 2.32 bits per heavy atom. The summed E-state index contributed by atoms with van der Waals surface area (Å²) in [5.74, 6) is 0.637. The standard InChI is InChI=1S/C28H20Cl2N2O2/c1-34-22-11-5-9-19(15-22)28(33,21-10-6-14-31-17-21)20-12-13-24-23(16-20)26(29)25(27(30)32-24)18-7-3-2-4-8-18/h2-17,33H,1H3. The predicted molar refractivity (Wildman–Crippen MR) is 137 cm³/mol. The summed E-state index contributed by atoms with van der Waals surface area (Å²) < 4.78 is 5.42. The molecule has 2 aromatic heterocycles. The van der Waals surface area contributed by atoms with Gasteiger partial charge < -0.3 is 9.84 Å². The number of aromatic nitrogens is 2. The Balaban J connectivity index is 1.78. The minimum atomic E-state index is -1.51. The van der Waals surface area contributed by atoms with Crippen molar-refractivity contribution in [3.05, 3.63) is 124 Å². The van der Waals surface area contributed by atoms with Crippen molar-refractivity contribution < 1.29 is 9.84 Å². The maximum atomic E-state index is 12.3. The lowest BCUT2D eigenvalue weighted by molar-refractivity contribution is 0.125. The van der Waals surface area contributed by atoms with Gasteiger partial charge in [-0.15, -0.1) is 0 Å². The highest BCUT2D eigenvalue weighted by atomic mass is 35.5. The molecule has 168 valence electrons. The van der Waals surface area contributed by atoms with E-state index in [9.17, 15) is 5.11 Å². The molecule has 4 nitrogen and oxygen atoms in total. The first-order valence-corrected chi connectivity index (χ1v) is 11.4. The van der Waals surface area contributed by atoms with Gasteiger partial charge in [-0.3, -0.25) is 4.98 Å². The molecule has 1 atom stereocenters. The molecule has 34 heavy (non-hydrogen) atoms. The molecule has 0 saturated carbocycles. The van der Waals surface area contributed by atoms with Gasteiger partial charge in [0.15, 0.2) is 0 Å². The summed E-state index contributed by atoms with van der Waals surface area (Å²) in [5.41, 5.74) is 2.52. The van der Waals surface area contributed by atoms with E-state index in [1.165, 1.54) is 0 Å². The third kappa shape index (κ3) is 3.80. The number of methoxy groups -OCH3 is 1. The van der Waals surface area contributed by atoms with Gasteiger partial charge in [-0.1, -0.05) is 77.8 Å². The summed E-state index contributed by atoms with van der Waals surface area (Å²) >= 11 is 13.4. The van der Waals surface area contributed by atoms with Crippen molar-refractivity contribution in [1.29, 1.82) is 0 Å². The number of benzene rings is 3. The van der Waals surface area contributed by atoms with Gasteiger partial charge in [-0.2, -0.15) is 0 Å². The van der Waals surface area contributed by atoms with Crippen LogP contribution in [-0.4, -0.2) is 22.2 Å². The van der Waals surface area contributed by atoms with E-state index >= 15 is 0 Å². The zero-order chi connectivity index (χ0) is 23.7. The lowest BCUT2D eigenvalue weighted by atomic mass is 9.80. The van der Waals surface area contributed by atoms with Crippen LogP contribution in [0.1, 0.15) is 16.7 Å². The van der Waals surface area contributed by atoms with Crippen LogP contribution in [0, 0.1) is 0 Å². The van der Waals surface area contributed by atoms with Crippen LogP contribution < -0.4 is 4.74 Å². The molecule has 0 radical (unpaired) electrons. The molecule has 0 aliphatic heterocycles. The smallest absolute Gasteiger partial charge is 0.142 e. The van der Waals surface area contributed by atoms with Crippen LogP contribution in [0.15, 0.2) is 97.3 Å². The maximum absolute atomic E-state index is 12.3. The molecular formula is C28H20Cl2N2O2. The normalized spacial score (nSPS) is 12.9. The van der Waals surface area contributed by atoms with Gasteiger partial charge in [-0.25, -0.2) is 4.98 Å². The minimum absolute atomic E-state index is 0.326. The first-order chi connectivity index (χ1) is 16.5. The molecule has 5 aromatic rings. The minimum Gasteiger partial charge on any atom is -0.497 e. The third-order valence-electron chi connectivity index (χ3n) is 5.92. The van der Waals surface area contributed by atoms with Crippen molar-refractivity contribution in [1.82, 2.24) is 9.97 Å². The first kappa shape index (κ1) is 22.4. The molecule has 0 aliphatic carbocycles. The Labute approximate surface area is 207 Å². The molecule has 0 saturated heterocycles. The second-order valence-electron chi connectivity index (χ2n) is 7.87. The van der Waals surface area contributed by atoms with Gasteiger partial charge in [0.1, 0.15) is 16.5 Å². The molecule has 5 rings (SSSR count). The molecule has 2 heterocycles. The van der Waals surface area contributed by atoms with Gasteiger partial charge in [0.05, 0.1) is 17.6 Å². The monoisotopic (exact) mass is 486 g/mol. The maximum Gasteiger partial charge on any atom is 0.142 e. The molecular weight excluding hydrogens is 467 g/mol. The van der Waals surface area contributed by atoms with Gasteiger partial charge in [0.25, 0.3) is 0 Å². The zero-order valence-electron chi connectivity index (χ0n) is 18.2. The summed E-state index contributed by atoms with van der Waals surface area (Å²) in [5, 5.41) is 13.7. The Hall–Kier alpha value is -3.44. The fourth-order valence-corrected chi connectivity index (χ4v) is 4.89. The number of ether oxygens (including phenoxy) is 1. The Morgan fingerprint density at radius 2 is 1.59 bits per heavy atom. The van der Waals surface area contributed by atoms with E-state index in [4.69, 9.17) is 27.9 Å².